The van der Waals surface area contributed by atoms with E-state index in [0.29, 0.717) is 23.4 Å². The molecule has 1 aliphatic rings. The van der Waals surface area contributed by atoms with E-state index >= 15 is 0 Å². The van der Waals surface area contributed by atoms with Gasteiger partial charge in [-0.2, -0.15) is 13.2 Å². The molecule has 0 bridgehead atoms. The number of aliphatic hydroxyl groups is 1. The van der Waals surface area contributed by atoms with Crippen LogP contribution >= 0.6 is 0 Å². The Bertz CT molecular complexity index is 938. The standard InChI is InChI=1S/C18H20F3NO4.C5H11NO/c1-9(2)7-14(26-17(24)18(19,20)21)15(23)16-22-12-6-5-11(10-3-4-10)8-13(12)25-16;1-2-3-4-5(6)7/h5-6,8-10,14-15,23H,3-4,7H2,1-2H3;2-4H2,1H3,(H2,6,7)/t14-,15?;/m1./s1. The predicted molar refractivity (Wildman–Crippen MR) is 115 cm³/mol. The second kappa shape index (κ2) is 11.5. The molecule has 184 valence electrons. The number of ether oxygens (including phenoxy) is 1. The summed E-state index contributed by atoms with van der Waals surface area (Å²) < 4.78 is 47.6. The first-order valence-corrected chi connectivity index (χ1v) is 11.1. The number of hydrogen-bond acceptors (Lipinski definition) is 6. The predicted octanol–water partition coefficient (Wildman–Crippen LogP) is 4.92. The molecule has 7 nitrogen and oxygen atoms in total. The van der Waals surface area contributed by atoms with Crippen LogP contribution in [0.4, 0.5) is 13.2 Å². The van der Waals surface area contributed by atoms with Crippen molar-refractivity contribution in [2.75, 3.05) is 0 Å². The maximum Gasteiger partial charge on any atom is 0.490 e. The smallest absolute Gasteiger partial charge is 0.452 e. The van der Waals surface area contributed by atoms with E-state index < -0.39 is 24.4 Å². The summed E-state index contributed by atoms with van der Waals surface area (Å²) in [6, 6.07) is 5.51. The molecule has 1 aromatic carbocycles. The first kappa shape index (κ1) is 26.6. The Morgan fingerprint density at radius 1 is 1.30 bits per heavy atom. The van der Waals surface area contributed by atoms with Crippen molar-refractivity contribution in [3.63, 3.8) is 0 Å². The number of esters is 1. The highest BCUT2D eigenvalue weighted by Gasteiger charge is 2.44. The molecule has 0 spiro atoms. The van der Waals surface area contributed by atoms with Gasteiger partial charge in [0.1, 0.15) is 11.6 Å². The van der Waals surface area contributed by atoms with Crippen LogP contribution < -0.4 is 5.73 Å². The lowest BCUT2D eigenvalue weighted by Crippen LogP contribution is -2.34. The van der Waals surface area contributed by atoms with Crippen molar-refractivity contribution in [3.05, 3.63) is 29.7 Å². The number of hydrogen-bond donors (Lipinski definition) is 2. The highest BCUT2D eigenvalue weighted by molar-refractivity contribution is 5.76. The minimum absolute atomic E-state index is 0.0367. The van der Waals surface area contributed by atoms with Gasteiger partial charge in [-0.05, 0) is 55.2 Å². The Kier molecular flexibility index (Phi) is 9.27. The lowest BCUT2D eigenvalue weighted by Gasteiger charge is -2.23. The van der Waals surface area contributed by atoms with E-state index in [4.69, 9.17) is 10.2 Å². The van der Waals surface area contributed by atoms with Gasteiger partial charge in [0, 0.05) is 6.42 Å². The summed E-state index contributed by atoms with van der Waals surface area (Å²) in [5.41, 5.74) is 6.89. The van der Waals surface area contributed by atoms with Crippen LogP contribution in [-0.2, 0) is 14.3 Å². The number of aliphatic hydroxyl groups excluding tert-OH is 1. The average molecular weight is 473 g/mol. The van der Waals surface area contributed by atoms with Crippen LogP contribution in [0.2, 0.25) is 0 Å². The number of halogens is 3. The number of primary amides is 1. The molecule has 1 aliphatic carbocycles. The fourth-order valence-corrected chi connectivity index (χ4v) is 3.18. The zero-order valence-electron chi connectivity index (χ0n) is 19.0. The van der Waals surface area contributed by atoms with Gasteiger partial charge in [-0.25, -0.2) is 9.78 Å². The number of nitrogens with zero attached hydrogens (tertiary/aromatic N) is 1. The molecule has 1 heterocycles. The number of aromatic nitrogens is 1. The van der Waals surface area contributed by atoms with Gasteiger partial charge < -0.3 is 20.0 Å². The number of carbonyl (C=O) groups is 2. The quantitative estimate of drug-likeness (QED) is 0.501. The Hall–Kier alpha value is -2.62. The number of alkyl halides is 3. The number of unbranched alkanes of at least 4 members (excludes halogenated alkanes) is 1. The normalized spacial score (nSPS) is 15.6. The molecule has 2 atom stereocenters. The van der Waals surface area contributed by atoms with E-state index in [2.05, 4.69) is 9.72 Å². The van der Waals surface area contributed by atoms with Gasteiger partial charge in [-0.15, -0.1) is 0 Å². The minimum atomic E-state index is -5.13. The monoisotopic (exact) mass is 472 g/mol. The molecule has 1 fully saturated rings. The summed E-state index contributed by atoms with van der Waals surface area (Å²) in [6.07, 6.45) is -3.35. The maximum atomic E-state index is 12.5. The molecule has 0 aliphatic heterocycles. The fourth-order valence-electron chi connectivity index (χ4n) is 3.18. The summed E-state index contributed by atoms with van der Waals surface area (Å²) in [7, 11) is 0. The van der Waals surface area contributed by atoms with E-state index in [9.17, 15) is 27.9 Å². The Labute approximate surface area is 190 Å². The molecule has 1 saturated carbocycles. The molecule has 0 radical (unpaired) electrons. The largest absolute Gasteiger partial charge is 0.490 e. The third kappa shape index (κ3) is 8.34. The number of amides is 1. The zero-order chi connectivity index (χ0) is 24.8. The van der Waals surface area contributed by atoms with Crippen molar-refractivity contribution in [1.29, 1.82) is 0 Å². The second-order valence-electron chi connectivity index (χ2n) is 8.64. The van der Waals surface area contributed by atoms with E-state index in [1.54, 1.807) is 19.9 Å². The summed E-state index contributed by atoms with van der Waals surface area (Å²) in [6.45, 7) is 5.52. The van der Waals surface area contributed by atoms with Crippen LogP contribution in [-0.4, -0.2) is 34.2 Å². The van der Waals surface area contributed by atoms with Crippen LogP contribution in [0.15, 0.2) is 22.6 Å². The van der Waals surface area contributed by atoms with E-state index in [0.717, 1.165) is 31.2 Å². The van der Waals surface area contributed by atoms with Gasteiger partial charge >= 0.3 is 12.1 Å². The topological polar surface area (TPSA) is 116 Å². The number of benzene rings is 1. The van der Waals surface area contributed by atoms with Gasteiger partial charge in [0.2, 0.25) is 11.8 Å². The lowest BCUT2D eigenvalue weighted by atomic mass is 10.0. The second-order valence-corrected chi connectivity index (χ2v) is 8.64. The summed E-state index contributed by atoms with van der Waals surface area (Å²) in [5, 5.41) is 10.4. The third-order valence-corrected chi connectivity index (χ3v) is 5.05. The van der Waals surface area contributed by atoms with Crippen molar-refractivity contribution in [1.82, 2.24) is 4.98 Å². The van der Waals surface area contributed by atoms with Crippen molar-refractivity contribution >= 4 is 23.0 Å². The van der Waals surface area contributed by atoms with Gasteiger partial charge in [0.05, 0.1) is 0 Å². The molecular weight excluding hydrogens is 441 g/mol. The summed E-state index contributed by atoms with van der Waals surface area (Å²) in [5.74, 6) is -2.30. The van der Waals surface area contributed by atoms with Gasteiger partial charge in [0.15, 0.2) is 11.7 Å². The van der Waals surface area contributed by atoms with Crippen LogP contribution in [0.1, 0.15) is 82.8 Å². The Morgan fingerprint density at radius 2 is 1.97 bits per heavy atom. The molecule has 10 heteroatoms. The minimum Gasteiger partial charge on any atom is -0.452 e. The molecule has 1 aromatic heterocycles. The fraction of sp³-hybridized carbons (Fsp3) is 0.609. The number of fused-ring (bicyclic) bond motifs is 1. The molecule has 33 heavy (non-hydrogen) atoms. The molecular formula is C23H31F3N2O5. The summed E-state index contributed by atoms with van der Waals surface area (Å²) in [4.78, 5) is 25.3. The van der Waals surface area contributed by atoms with E-state index in [1.807, 2.05) is 19.1 Å². The van der Waals surface area contributed by atoms with Crippen molar-refractivity contribution in [3.8, 4) is 0 Å². The SMILES string of the molecule is CC(C)C[C@@H](OC(=O)C(F)(F)F)C(O)c1nc2ccc(C3CC3)cc2o1.CCCCC(N)=O. The highest BCUT2D eigenvalue weighted by atomic mass is 19.4. The van der Waals surface area contributed by atoms with Crippen LogP contribution in [0.25, 0.3) is 11.1 Å². The van der Waals surface area contributed by atoms with Gasteiger partial charge in [-0.1, -0.05) is 33.3 Å². The average Bonchev–Trinajstić information content (AvgIpc) is 3.49. The van der Waals surface area contributed by atoms with E-state index in [1.165, 1.54) is 0 Å². The Morgan fingerprint density at radius 3 is 2.45 bits per heavy atom. The molecule has 1 unspecified atom stereocenters. The van der Waals surface area contributed by atoms with Crippen LogP contribution in [0.3, 0.4) is 0 Å². The molecule has 3 N–H and O–H groups in total. The van der Waals surface area contributed by atoms with Crippen molar-refractivity contribution in [2.45, 2.75) is 83.6 Å². The van der Waals surface area contributed by atoms with Crippen molar-refractivity contribution < 1.29 is 37.0 Å². The molecule has 0 saturated heterocycles. The first-order valence-electron chi connectivity index (χ1n) is 11.1. The van der Waals surface area contributed by atoms with Gasteiger partial charge in [0.25, 0.3) is 0 Å². The molecule has 2 aromatic rings. The number of oxazole rings is 1. The van der Waals surface area contributed by atoms with Gasteiger partial charge in [-0.3, -0.25) is 4.79 Å². The summed E-state index contributed by atoms with van der Waals surface area (Å²) >= 11 is 0. The van der Waals surface area contributed by atoms with Crippen LogP contribution in [0.5, 0.6) is 0 Å². The third-order valence-electron chi connectivity index (χ3n) is 5.05. The molecule has 3 rings (SSSR count). The van der Waals surface area contributed by atoms with E-state index in [-0.39, 0.29) is 24.1 Å². The number of carbonyl (C=O) groups excluding carboxylic acids is 2. The first-order chi connectivity index (χ1) is 15.4. The number of nitrogens with two attached hydrogens (primary N) is 1. The molecule has 1 amide bonds. The van der Waals surface area contributed by atoms with Crippen molar-refractivity contribution in [2.24, 2.45) is 11.7 Å². The highest BCUT2D eigenvalue weighted by Crippen LogP contribution is 2.41. The van der Waals surface area contributed by atoms with Crippen LogP contribution in [0, 0.1) is 5.92 Å². The number of rotatable bonds is 9. The maximum absolute atomic E-state index is 12.5. The Balaban J connectivity index is 0.000000479. The lowest BCUT2D eigenvalue weighted by molar-refractivity contribution is -0.210. The zero-order valence-corrected chi connectivity index (χ0v) is 19.0.